The van der Waals surface area contributed by atoms with Crippen molar-refractivity contribution in [1.82, 2.24) is 0 Å². The molecule has 4 saturated carbocycles. The van der Waals surface area contributed by atoms with Gasteiger partial charge in [0.2, 0.25) is 0 Å². The van der Waals surface area contributed by atoms with E-state index in [1.165, 1.54) is 25.7 Å². The minimum atomic E-state index is -0.151. The summed E-state index contributed by atoms with van der Waals surface area (Å²) in [6.07, 6.45) is 10.4. The molecule has 0 aromatic heterocycles. The van der Waals surface area contributed by atoms with E-state index < -0.39 is 0 Å². The molecule has 0 heterocycles. The molecule has 0 spiro atoms. The summed E-state index contributed by atoms with van der Waals surface area (Å²) in [6.45, 7) is 10.5. The Morgan fingerprint density at radius 2 is 1.96 bits per heavy atom. The zero-order valence-corrected chi connectivity index (χ0v) is 16.6. The third-order valence-corrected chi connectivity index (χ3v) is 9.06. The molecule has 4 aliphatic carbocycles. The van der Waals surface area contributed by atoms with Crippen LogP contribution < -0.4 is 0 Å². The lowest BCUT2D eigenvalue weighted by atomic mass is 9.44. The van der Waals surface area contributed by atoms with Gasteiger partial charge in [-0.25, -0.2) is 0 Å². The second-order valence-electron chi connectivity index (χ2n) is 10.1. The van der Waals surface area contributed by atoms with E-state index >= 15 is 0 Å². The van der Waals surface area contributed by atoms with Crippen LogP contribution >= 0.6 is 0 Å². The maximum absolute atomic E-state index is 12.1. The molecule has 0 aromatic rings. The van der Waals surface area contributed by atoms with Gasteiger partial charge in [0.05, 0.1) is 0 Å². The molecule has 144 valence electrons. The average molecular weight is 359 g/mol. The van der Waals surface area contributed by atoms with Crippen LogP contribution in [0.5, 0.6) is 0 Å². The SMILES string of the molecule is C=C[C@H]1CC[C@H]2[C@@H]3CC[C@H]4CC(=O)CC[C@]4(C)[C@H]3C(OC(C)=O)C[C@]12C. The van der Waals surface area contributed by atoms with Gasteiger partial charge in [-0.05, 0) is 73.0 Å². The fraction of sp³-hybridized carbons (Fsp3) is 0.826. The lowest BCUT2D eigenvalue weighted by Crippen LogP contribution is -2.59. The zero-order chi connectivity index (χ0) is 18.7. The first kappa shape index (κ1) is 18.3. The van der Waals surface area contributed by atoms with Gasteiger partial charge in [-0.3, -0.25) is 9.59 Å². The largest absolute Gasteiger partial charge is 0.462 e. The van der Waals surface area contributed by atoms with Crippen LogP contribution in [0.1, 0.15) is 72.1 Å². The van der Waals surface area contributed by atoms with Crippen LogP contribution in [0.15, 0.2) is 12.7 Å². The van der Waals surface area contributed by atoms with Crippen LogP contribution in [0.4, 0.5) is 0 Å². The molecular formula is C23H34O3. The van der Waals surface area contributed by atoms with Crippen molar-refractivity contribution in [1.29, 1.82) is 0 Å². The number of hydrogen-bond acceptors (Lipinski definition) is 3. The normalized spacial score (nSPS) is 50.3. The summed E-state index contributed by atoms with van der Waals surface area (Å²) in [4.78, 5) is 24.1. The molecule has 26 heavy (non-hydrogen) atoms. The average Bonchev–Trinajstić information content (AvgIpc) is 2.90. The Labute approximate surface area is 157 Å². The highest BCUT2D eigenvalue weighted by Crippen LogP contribution is 2.67. The van der Waals surface area contributed by atoms with E-state index in [4.69, 9.17) is 4.74 Å². The number of rotatable bonds is 2. The van der Waals surface area contributed by atoms with Crippen LogP contribution in [-0.2, 0) is 14.3 Å². The van der Waals surface area contributed by atoms with Gasteiger partial charge in [-0.15, -0.1) is 6.58 Å². The van der Waals surface area contributed by atoms with Crippen LogP contribution in [0, 0.1) is 40.4 Å². The molecule has 4 rings (SSSR count). The number of allylic oxidation sites excluding steroid dienone is 1. The third-order valence-electron chi connectivity index (χ3n) is 9.06. The molecule has 8 atom stereocenters. The van der Waals surface area contributed by atoms with Crippen LogP contribution in [0.2, 0.25) is 0 Å². The monoisotopic (exact) mass is 358 g/mol. The van der Waals surface area contributed by atoms with Gasteiger partial charge in [0.15, 0.2) is 0 Å². The second kappa shape index (κ2) is 6.21. The Bertz CT molecular complexity index is 625. The van der Waals surface area contributed by atoms with E-state index in [-0.39, 0.29) is 22.9 Å². The molecular weight excluding hydrogens is 324 g/mol. The van der Waals surface area contributed by atoms with E-state index in [0.29, 0.717) is 41.8 Å². The Hall–Kier alpha value is -1.12. The zero-order valence-electron chi connectivity index (χ0n) is 16.6. The number of hydrogen-bond donors (Lipinski definition) is 0. The lowest BCUT2D eigenvalue weighted by molar-refractivity contribution is -0.192. The lowest BCUT2D eigenvalue weighted by Gasteiger charge is -2.62. The molecule has 3 heteroatoms. The smallest absolute Gasteiger partial charge is 0.302 e. The standard InChI is InChI=1S/C23H34O3/c1-5-15-7-9-19-18-8-6-16-12-17(25)10-11-22(16,3)21(18)20(26-14(2)24)13-23(15,19)4/h5,15-16,18-21H,1,6-13H2,2-4H3/t15-,16-,18-,19-,20?,21+,22-,23+/m0/s1. The fourth-order valence-corrected chi connectivity index (χ4v) is 7.88. The Kier molecular flexibility index (Phi) is 4.36. The van der Waals surface area contributed by atoms with E-state index in [0.717, 1.165) is 19.3 Å². The van der Waals surface area contributed by atoms with Crippen molar-refractivity contribution in [3.8, 4) is 0 Å². The highest BCUT2D eigenvalue weighted by atomic mass is 16.5. The molecule has 0 N–H and O–H groups in total. The number of ether oxygens (including phenoxy) is 1. The van der Waals surface area contributed by atoms with Crippen molar-refractivity contribution < 1.29 is 14.3 Å². The topological polar surface area (TPSA) is 43.4 Å². The van der Waals surface area contributed by atoms with Crippen molar-refractivity contribution >= 4 is 11.8 Å². The van der Waals surface area contributed by atoms with E-state index in [9.17, 15) is 9.59 Å². The molecule has 0 radical (unpaired) electrons. The molecule has 1 unspecified atom stereocenters. The van der Waals surface area contributed by atoms with Gasteiger partial charge < -0.3 is 4.74 Å². The molecule has 4 aliphatic rings. The van der Waals surface area contributed by atoms with Crippen molar-refractivity contribution in [2.45, 2.75) is 78.2 Å². The molecule has 0 saturated heterocycles. The minimum absolute atomic E-state index is 0.000280. The molecule has 3 nitrogen and oxygen atoms in total. The van der Waals surface area contributed by atoms with Crippen molar-refractivity contribution in [3.05, 3.63) is 12.7 Å². The predicted octanol–water partition coefficient (Wildman–Crippen LogP) is 4.94. The number of fused-ring (bicyclic) bond motifs is 5. The molecule has 0 aliphatic heterocycles. The Morgan fingerprint density at radius 3 is 2.65 bits per heavy atom. The van der Waals surface area contributed by atoms with Crippen LogP contribution in [0.3, 0.4) is 0 Å². The number of Topliss-reactive ketones (excluding diaryl/α,β-unsaturated/α-hetero) is 1. The Morgan fingerprint density at radius 1 is 1.19 bits per heavy atom. The first-order chi connectivity index (χ1) is 12.3. The summed E-state index contributed by atoms with van der Waals surface area (Å²) in [5, 5.41) is 0. The highest BCUT2D eigenvalue weighted by Gasteiger charge is 2.63. The van der Waals surface area contributed by atoms with Crippen molar-refractivity contribution in [3.63, 3.8) is 0 Å². The number of carbonyl (C=O) groups excluding carboxylic acids is 2. The summed E-state index contributed by atoms with van der Waals surface area (Å²) in [6, 6.07) is 0. The number of ketones is 1. The van der Waals surface area contributed by atoms with Crippen LogP contribution in [-0.4, -0.2) is 17.9 Å². The summed E-state index contributed by atoms with van der Waals surface area (Å²) >= 11 is 0. The summed E-state index contributed by atoms with van der Waals surface area (Å²) in [5.74, 6) is 3.04. The summed E-state index contributed by atoms with van der Waals surface area (Å²) in [7, 11) is 0. The van der Waals surface area contributed by atoms with Gasteiger partial charge in [-0.1, -0.05) is 19.9 Å². The van der Waals surface area contributed by atoms with Gasteiger partial charge >= 0.3 is 5.97 Å². The summed E-state index contributed by atoms with van der Waals surface area (Å²) < 4.78 is 6.01. The quantitative estimate of drug-likeness (QED) is 0.518. The van der Waals surface area contributed by atoms with E-state index in [2.05, 4.69) is 26.5 Å². The van der Waals surface area contributed by atoms with E-state index in [1.807, 2.05) is 0 Å². The van der Waals surface area contributed by atoms with Crippen molar-refractivity contribution in [2.24, 2.45) is 40.4 Å². The van der Waals surface area contributed by atoms with Gasteiger partial charge in [0, 0.05) is 25.7 Å². The van der Waals surface area contributed by atoms with Crippen LogP contribution in [0.25, 0.3) is 0 Å². The van der Waals surface area contributed by atoms with E-state index in [1.54, 1.807) is 6.92 Å². The third kappa shape index (κ3) is 2.52. The maximum atomic E-state index is 12.1. The van der Waals surface area contributed by atoms with Crippen molar-refractivity contribution in [2.75, 3.05) is 0 Å². The molecule has 0 aromatic carbocycles. The second-order valence-corrected chi connectivity index (χ2v) is 10.1. The fourth-order valence-electron chi connectivity index (χ4n) is 7.88. The van der Waals surface area contributed by atoms with Gasteiger partial charge in [0.1, 0.15) is 11.9 Å². The first-order valence-corrected chi connectivity index (χ1v) is 10.6. The maximum Gasteiger partial charge on any atom is 0.302 e. The number of esters is 1. The number of carbonyl (C=O) groups is 2. The molecule has 0 amide bonds. The van der Waals surface area contributed by atoms with Gasteiger partial charge in [-0.2, -0.15) is 0 Å². The Balaban J connectivity index is 1.73. The highest BCUT2D eigenvalue weighted by molar-refractivity contribution is 5.79. The first-order valence-electron chi connectivity index (χ1n) is 10.6. The minimum Gasteiger partial charge on any atom is -0.462 e. The summed E-state index contributed by atoms with van der Waals surface area (Å²) in [5.41, 5.74) is 0.348. The van der Waals surface area contributed by atoms with Gasteiger partial charge in [0.25, 0.3) is 0 Å². The predicted molar refractivity (Wildman–Crippen MR) is 101 cm³/mol. The molecule has 0 bridgehead atoms. The molecule has 4 fully saturated rings.